The summed E-state index contributed by atoms with van der Waals surface area (Å²) in [4.78, 5) is 15.9. The van der Waals surface area contributed by atoms with E-state index < -0.39 is 0 Å². The van der Waals surface area contributed by atoms with Crippen molar-refractivity contribution in [3.05, 3.63) is 54.3 Å². The standard InChI is InChI=1S/C18H16FN3O2/c1-2-3-16(23)20-15-10-6-13(7-11-15)18-21-17(22-24-18)12-4-8-14(19)9-5-12/h4-11H,2-3H2,1H3,(H,20,23). The van der Waals surface area contributed by atoms with Crippen LogP contribution in [0, 0.1) is 5.82 Å². The number of nitrogens with one attached hydrogen (secondary N) is 1. The Balaban J connectivity index is 1.75. The van der Waals surface area contributed by atoms with Gasteiger partial charge in [-0.2, -0.15) is 4.98 Å². The highest BCUT2D eigenvalue weighted by Crippen LogP contribution is 2.23. The lowest BCUT2D eigenvalue weighted by atomic mass is 10.2. The number of benzene rings is 2. The Morgan fingerprint density at radius 3 is 2.42 bits per heavy atom. The number of carbonyl (C=O) groups excluding carboxylic acids is 1. The van der Waals surface area contributed by atoms with E-state index in [2.05, 4.69) is 15.5 Å². The Morgan fingerprint density at radius 1 is 1.08 bits per heavy atom. The topological polar surface area (TPSA) is 68.0 Å². The predicted octanol–water partition coefficient (Wildman–Crippen LogP) is 4.28. The molecule has 0 unspecified atom stereocenters. The molecule has 6 heteroatoms. The molecule has 1 amide bonds. The average molecular weight is 325 g/mol. The molecule has 0 bridgehead atoms. The monoisotopic (exact) mass is 325 g/mol. The van der Waals surface area contributed by atoms with Gasteiger partial charge in [0.2, 0.25) is 11.7 Å². The van der Waals surface area contributed by atoms with Gasteiger partial charge in [-0.15, -0.1) is 0 Å². The zero-order valence-electron chi connectivity index (χ0n) is 13.1. The highest BCUT2D eigenvalue weighted by atomic mass is 19.1. The molecule has 1 heterocycles. The van der Waals surface area contributed by atoms with Gasteiger partial charge in [-0.25, -0.2) is 4.39 Å². The minimum Gasteiger partial charge on any atom is -0.334 e. The summed E-state index contributed by atoms with van der Waals surface area (Å²) < 4.78 is 18.2. The van der Waals surface area contributed by atoms with Crippen LogP contribution >= 0.6 is 0 Å². The summed E-state index contributed by atoms with van der Waals surface area (Å²) in [5, 5.41) is 6.73. The second-order valence-corrected chi connectivity index (χ2v) is 5.31. The van der Waals surface area contributed by atoms with Crippen molar-refractivity contribution in [1.29, 1.82) is 0 Å². The van der Waals surface area contributed by atoms with E-state index >= 15 is 0 Å². The largest absolute Gasteiger partial charge is 0.334 e. The molecule has 0 spiro atoms. The van der Waals surface area contributed by atoms with Gasteiger partial charge in [-0.1, -0.05) is 12.1 Å². The lowest BCUT2D eigenvalue weighted by Gasteiger charge is -2.04. The number of nitrogens with zero attached hydrogens (tertiary/aromatic N) is 2. The maximum Gasteiger partial charge on any atom is 0.258 e. The summed E-state index contributed by atoms with van der Waals surface area (Å²) >= 11 is 0. The van der Waals surface area contributed by atoms with Crippen LogP contribution in [0.15, 0.2) is 53.1 Å². The molecule has 3 aromatic rings. The first-order valence-electron chi connectivity index (χ1n) is 7.65. The van der Waals surface area contributed by atoms with E-state index in [1.54, 1.807) is 36.4 Å². The fraction of sp³-hybridized carbons (Fsp3) is 0.167. The van der Waals surface area contributed by atoms with Crippen LogP contribution in [0.25, 0.3) is 22.8 Å². The third-order valence-corrected chi connectivity index (χ3v) is 3.42. The Labute approximate surface area is 138 Å². The zero-order valence-corrected chi connectivity index (χ0v) is 13.1. The van der Waals surface area contributed by atoms with Crippen LogP contribution in [0.1, 0.15) is 19.8 Å². The summed E-state index contributed by atoms with van der Waals surface area (Å²) in [5.74, 6) is 0.427. The first kappa shape index (κ1) is 15.9. The Hall–Kier alpha value is -3.02. The molecule has 5 nitrogen and oxygen atoms in total. The van der Waals surface area contributed by atoms with Crippen molar-refractivity contribution in [1.82, 2.24) is 10.1 Å². The molecule has 0 aliphatic carbocycles. The third kappa shape index (κ3) is 3.65. The number of amides is 1. The highest BCUT2D eigenvalue weighted by Gasteiger charge is 2.11. The van der Waals surface area contributed by atoms with Crippen molar-refractivity contribution >= 4 is 11.6 Å². The molecule has 0 atom stereocenters. The summed E-state index contributed by atoms with van der Waals surface area (Å²) in [7, 11) is 0. The smallest absolute Gasteiger partial charge is 0.258 e. The molecular weight excluding hydrogens is 309 g/mol. The lowest BCUT2D eigenvalue weighted by molar-refractivity contribution is -0.116. The maximum absolute atomic E-state index is 13.0. The van der Waals surface area contributed by atoms with E-state index in [4.69, 9.17) is 4.52 Å². The minimum atomic E-state index is -0.317. The minimum absolute atomic E-state index is 0.0124. The van der Waals surface area contributed by atoms with E-state index in [-0.39, 0.29) is 11.7 Å². The molecule has 0 aliphatic heterocycles. The highest BCUT2D eigenvalue weighted by molar-refractivity contribution is 5.90. The van der Waals surface area contributed by atoms with Crippen LogP contribution in [-0.4, -0.2) is 16.0 Å². The van der Waals surface area contributed by atoms with E-state index in [0.717, 1.165) is 17.7 Å². The van der Waals surface area contributed by atoms with Crippen molar-refractivity contribution in [3.8, 4) is 22.8 Å². The summed E-state index contributed by atoms with van der Waals surface area (Å²) in [5.41, 5.74) is 2.13. The maximum atomic E-state index is 13.0. The van der Waals surface area contributed by atoms with Crippen molar-refractivity contribution in [2.24, 2.45) is 0 Å². The van der Waals surface area contributed by atoms with Crippen LogP contribution in [0.3, 0.4) is 0 Å². The van der Waals surface area contributed by atoms with Crippen molar-refractivity contribution < 1.29 is 13.7 Å². The van der Waals surface area contributed by atoms with Crippen molar-refractivity contribution in [2.75, 3.05) is 5.32 Å². The first-order valence-corrected chi connectivity index (χ1v) is 7.65. The number of carbonyl (C=O) groups is 1. The Kier molecular flexibility index (Phi) is 4.65. The molecule has 1 aromatic heterocycles. The summed E-state index contributed by atoms with van der Waals surface area (Å²) in [6.45, 7) is 1.96. The van der Waals surface area contributed by atoms with E-state index in [0.29, 0.717) is 23.7 Å². The van der Waals surface area contributed by atoms with Gasteiger partial charge in [0.15, 0.2) is 0 Å². The molecule has 0 aliphatic rings. The molecule has 0 radical (unpaired) electrons. The first-order chi connectivity index (χ1) is 11.7. The lowest BCUT2D eigenvalue weighted by Crippen LogP contribution is -2.10. The quantitative estimate of drug-likeness (QED) is 0.760. The van der Waals surface area contributed by atoms with Crippen LogP contribution in [0.5, 0.6) is 0 Å². The molecule has 0 saturated heterocycles. The fourth-order valence-electron chi connectivity index (χ4n) is 2.20. The van der Waals surface area contributed by atoms with Crippen LogP contribution in [-0.2, 0) is 4.79 Å². The van der Waals surface area contributed by atoms with Crippen molar-refractivity contribution in [3.63, 3.8) is 0 Å². The number of anilines is 1. The van der Waals surface area contributed by atoms with E-state index in [1.807, 2.05) is 6.92 Å². The van der Waals surface area contributed by atoms with Gasteiger partial charge in [0.25, 0.3) is 5.89 Å². The molecular formula is C18H16FN3O2. The third-order valence-electron chi connectivity index (χ3n) is 3.42. The average Bonchev–Trinajstić information content (AvgIpc) is 3.06. The molecule has 3 rings (SSSR count). The van der Waals surface area contributed by atoms with Gasteiger partial charge >= 0.3 is 0 Å². The Morgan fingerprint density at radius 2 is 1.75 bits per heavy atom. The van der Waals surface area contributed by atoms with E-state index in [1.165, 1.54) is 12.1 Å². The number of halogens is 1. The summed E-state index contributed by atoms with van der Waals surface area (Å²) in [6, 6.07) is 13.0. The van der Waals surface area contributed by atoms with Crippen LogP contribution in [0.4, 0.5) is 10.1 Å². The van der Waals surface area contributed by atoms with Gasteiger partial charge in [-0.3, -0.25) is 4.79 Å². The normalized spacial score (nSPS) is 10.6. The molecule has 2 aromatic carbocycles. The van der Waals surface area contributed by atoms with Crippen molar-refractivity contribution in [2.45, 2.75) is 19.8 Å². The number of hydrogen-bond acceptors (Lipinski definition) is 4. The van der Waals surface area contributed by atoms with Crippen LogP contribution < -0.4 is 5.32 Å². The fourth-order valence-corrected chi connectivity index (χ4v) is 2.20. The molecule has 0 fully saturated rings. The summed E-state index contributed by atoms with van der Waals surface area (Å²) in [6.07, 6.45) is 1.30. The van der Waals surface area contributed by atoms with Gasteiger partial charge in [-0.05, 0) is 55.0 Å². The number of aromatic nitrogens is 2. The van der Waals surface area contributed by atoms with Gasteiger partial charge < -0.3 is 9.84 Å². The van der Waals surface area contributed by atoms with Gasteiger partial charge in [0.05, 0.1) is 0 Å². The molecule has 1 N–H and O–H groups in total. The van der Waals surface area contributed by atoms with E-state index in [9.17, 15) is 9.18 Å². The van der Waals surface area contributed by atoms with Crippen LogP contribution in [0.2, 0.25) is 0 Å². The second kappa shape index (κ2) is 7.04. The molecule has 24 heavy (non-hydrogen) atoms. The SMILES string of the molecule is CCCC(=O)Nc1ccc(-c2nc(-c3ccc(F)cc3)no2)cc1. The second-order valence-electron chi connectivity index (χ2n) is 5.31. The molecule has 122 valence electrons. The predicted molar refractivity (Wildman–Crippen MR) is 88.7 cm³/mol. The van der Waals surface area contributed by atoms with Gasteiger partial charge in [0, 0.05) is 23.2 Å². The Bertz CT molecular complexity index is 826. The van der Waals surface area contributed by atoms with Gasteiger partial charge in [0.1, 0.15) is 5.82 Å². The number of rotatable bonds is 5. The number of hydrogen-bond donors (Lipinski definition) is 1. The zero-order chi connectivity index (χ0) is 16.9. The molecule has 0 saturated carbocycles.